The van der Waals surface area contributed by atoms with Gasteiger partial charge in [0.25, 0.3) is 11.6 Å². The van der Waals surface area contributed by atoms with Crippen LogP contribution in [0.15, 0.2) is 53.8 Å². The van der Waals surface area contributed by atoms with E-state index in [2.05, 4.69) is 25.8 Å². The van der Waals surface area contributed by atoms with Gasteiger partial charge in [0.1, 0.15) is 5.82 Å². The molecule has 0 atom stereocenters. The first-order valence-electron chi connectivity index (χ1n) is 9.26. The third-order valence-corrected chi connectivity index (χ3v) is 5.07. The molecule has 0 spiro atoms. The molecular formula is C19H19N7O4S. The number of nitrogens with one attached hydrogen (secondary N) is 2. The number of aromatic nitrogens is 4. The fourth-order valence-electron chi connectivity index (χ4n) is 2.64. The molecule has 2 N–H and O–H groups in total. The van der Waals surface area contributed by atoms with Crippen LogP contribution in [0.1, 0.15) is 23.1 Å². The van der Waals surface area contributed by atoms with Crippen LogP contribution in [-0.2, 0) is 17.9 Å². The van der Waals surface area contributed by atoms with Gasteiger partial charge in [-0.1, -0.05) is 23.9 Å². The van der Waals surface area contributed by atoms with E-state index in [1.807, 2.05) is 6.92 Å². The van der Waals surface area contributed by atoms with Gasteiger partial charge in [-0.05, 0) is 25.1 Å². The zero-order valence-electron chi connectivity index (χ0n) is 16.5. The predicted octanol–water partition coefficient (Wildman–Crippen LogP) is 2.26. The second-order valence-corrected chi connectivity index (χ2v) is 7.13. The Hall–Kier alpha value is -3.80. The summed E-state index contributed by atoms with van der Waals surface area (Å²) in [5.74, 6) is 0.408. The van der Waals surface area contributed by atoms with Crippen LogP contribution in [0.2, 0.25) is 0 Å². The zero-order chi connectivity index (χ0) is 22.2. The molecule has 12 heteroatoms. The number of nitrogens with zero attached hydrogens (tertiary/aromatic N) is 5. The molecule has 2 heterocycles. The number of rotatable bonds is 9. The number of hydrogen-bond acceptors (Lipinski definition) is 8. The van der Waals surface area contributed by atoms with Crippen molar-refractivity contribution in [3.8, 4) is 0 Å². The Bertz CT molecular complexity index is 1090. The maximum atomic E-state index is 12.3. The van der Waals surface area contributed by atoms with Gasteiger partial charge in [-0.15, -0.1) is 10.2 Å². The lowest BCUT2D eigenvalue weighted by Crippen LogP contribution is -2.25. The second-order valence-electron chi connectivity index (χ2n) is 6.19. The number of thioether (sulfide) groups is 1. The molecule has 0 fully saturated rings. The normalized spacial score (nSPS) is 10.5. The monoisotopic (exact) mass is 441 g/mol. The Labute approximate surface area is 181 Å². The van der Waals surface area contributed by atoms with Crippen molar-refractivity contribution in [1.29, 1.82) is 0 Å². The first kappa shape index (κ1) is 21.9. The van der Waals surface area contributed by atoms with Crippen LogP contribution in [0.25, 0.3) is 0 Å². The average molecular weight is 441 g/mol. The highest BCUT2D eigenvalue weighted by Gasteiger charge is 2.16. The Morgan fingerprint density at radius 2 is 2.03 bits per heavy atom. The Morgan fingerprint density at radius 3 is 2.74 bits per heavy atom. The van der Waals surface area contributed by atoms with E-state index in [0.29, 0.717) is 23.3 Å². The van der Waals surface area contributed by atoms with E-state index in [1.54, 1.807) is 29.0 Å². The topological polar surface area (TPSA) is 145 Å². The molecule has 3 rings (SSSR count). The molecule has 2 aromatic heterocycles. The van der Waals surface area contributed by atoms with E-state index >= 15 is 0 Å². The second kappa shape index (κ2) is 10.3. The van der Waals surface area contributed by atoms with Crippen molar-refractivity contribution in [2.24, 2.45) is 0 Å². The van der Waals surface area contributed by atoms with Crippen molar-refractivity contribution < 1.29 is 14.5 Å². The van der Waals surface area contributed by atoms with Crippen molar-refractivity contribution in [3.05, 3.63) is 70.2 Å². The van der Waals surface area contributed by atoms with E-state index in [-0.39, 0.29) is 29.5 Å². The van der Waals surface area contributed by atoms with Gasteiger partial charge in [0.2, 0.25) is 5.91 Å². The molecular weight excluding hydrogens is 422 g/mol. The van der Waals surface area contributed by atoms with Crippen LogP contribution >= 0.6 is 11.8 Å². The van der Waals surface area contributed by atoms with Gasteiger partial charge in [-0.25, -0.2) is 4.98 Å². The Balaban J connectivity index is 1.58. The van der Waals surface area contributed by atoms with E-state index < -0.39 is 10.8 Å². The van der Waals surface area contributed by atoms with Gasteiger partial charge in [-0.3, -0.25) is 19.7 Å². The maximum Gasteiger partial charge on any atom is 0.270 e. The SMILES string of the molecule is CCn1c(CNC(=O)c2cccc([N+](=O)[O-])c2)nnc1SCC(=O)Nc1ccccn1. The van der Waals surface area contributed by atoms with Gasteiger partial charge < -0.3 is 15.2 Å². The molecule has 0 aliphatic carbocycles. The van der Waals surface area contributed by atoms with Crippen molar-refractivity contribution in [1.82, 2.24) is 25.1 Å². The van der Waals surface area contributed by atoms with Gasteiger partial charge in [0, 0.05) is 30.4 Å². The number of nitro groups is 1. The van der Waals surface area contributed by atoms with Crippen molar-refractivity contribution in [2.45, 2.75) is 25.2 Å². The van der Waals surface area contributed by atoms with Crippen LogP contribution in [0, 0.1) is 10.1 Å². The Morgan fingerprint density at radius 1 is 1.19 bits per heavy atom. The number of anilines is 1. The molecule has 160 valence electrons. The standard InChI is InChI=1S/C19H19N7O4S/c1-2-25-16(11-21-18(28)13-6-5-7-14(10-13)26(29)30)23-24-19(25)31-12-17(27)22-15-8-3-4-9-20-15/h3-10H,2,11-12H2,1H3,(H,21,28)(H,20,22,27). The van der Waals surface area contributed by atoms with Crippen molar-refractivity contribution in [2.75, 3.05) is 11.1 Å². The predicted molar refractivity (Wildman–Crippen MR) is 114 cm³/mol. The zero-order valence-corrected chi connectivity index (χ0v) is 17.3. The smallest absolute Gasteiger partial charge is 0.270 e. The molecule has 0 bridgehead atoms. The molecule has 2 amide bonds. The quantitative estimate of drug-likeness (QED) is 0.292. The number of nitro benzene ring substituents is 1. The number of hydrogen-bond donors (Lipinski definition) is 2. The highest BCUT2D eigenvalue weighted by molar-refractivity contribution is 7.99. The van der Waals surface area contributed by atoms with E-state index in [4.69, 9.17) is 0 Å². The summed E-state index contributed by atoms with van der Waals surface area (Å²) in [5.41, 5.74) is 0.0181. The molecule has 11 nitrogen and oxygen atoms in total. The third kappa shape index (κ3) is 5.85. The number of amides is 2. The van der Waals surface area contributed by atoms with Crippen LogP contribution in [0.5, 0.6) is 0 Å². The summed E-state index contributed by atoms with van der Waals surface area (Å²) < 4.78 is 1.78. The maximum absolute atomic E-state index is 12.3. The minimum atomic E-state index is -0.558. The summed E-state index contributed by atoms with van der Waals surface area (Å²) in [7, 11) is 0. The van der Waals surface area contributed by atoms with Crippen LogP contribution in [-0.4, -0.2) is 42.2 Å². The number of pyridine rings is 1. The highest BCUT2D eigenvalue weighted by Crippen LogP contribution is 2.18. The lowest BCUT2D eigenvalue weighted by atomic mass is 10.2. The number of carbonyl (C=O) groups is 2. The lowest BCUT2D eigenvalue weighted by Gasteiger charge is -2.09. The Kier molecular flexibility index (Phi) is 7.27. The summed E-state index contributed by atoms with van der Waals surface area (Å²) in [6, 6.07) is 10.7. The van der Waals surface area contributed by atoms with Gasteiger partial charge in [-0.2, -0.15) is 0 Å². The fourth-order valence-corrected chi connectivity index (χ4v) is 3.46. The van der Waals surface area contributed by atoms with Crippen molar-refractivity contribution in [3.63, 3.8) is 0 Å². The molecule has 3 aromatic rings. The minimum Gasteiger partial charge on any atom is -0.345 e. The summed E-state index contributed by atoms with van der Waals surface area (Å²) in [4.78, 5) is 38.8. The van der Waals surface area contributed by atoms with E-state index in [0.717, 1.165) is 0 Å². The minimum absolute atomic E-state index is 0.0864. The molecule has 0 saturated heterocycles. The molecule has 31 heavy (non-hydrogen) atoms. The largest absolute Gasteiger partial charge is 0.345 e. The third-order valence-electron chi connectivity index (χ3n) is 4.10. The summed E-state index contributed by atoms with van der Waals surface area (Å²) in [6.07, 6.45) is 1.59. The first-order chi connectivity index (χ1) is 15.0. The van der Waals surface area contributed by atoms with Gasteiger partial charge in [0.15, 0.2) is 11.0 Å². The van der Waals surface area contributed by atoms with Gasteiger partial charge in [0.05, 0.1) is 17.2 Å². The van der Waals surface area contributed by atoms with Crippen LogP contribution < -0.4 is 10.6 Å². The van der Waals surface area contributed by atoms with Crippen molar-refractivity contribution >= 4 is 35.1 Å². The lowest BCUT2D eigenvalue weighted by molar-refractivity contribution is -0.384. The molecule has 0 saturated carbocycles. The highest BCUT2D eigenvalue weighted by atomic mass is 32.2. The molecule has 0 aliphatic rings. The van der Waals surface area contributed by atoms with E-state index in [9.17, 15) is 19.7 Å². The summed E-state index contributed by atoms with van der Waals surface area (Å²) in [6.45, 7) is 2.52. The number of carbonyl (C=O) groups excluding carboxylic acids is 2. The average Bonchev–Trinajstić information content (AvgIpc) is 3.18. The fraction of sp³-hybridized carbons (Fsp3) is 0.211. The molecule has 1 aromatic carbocycles. The number of benzene rings is 1. The summed E-state index contributed by atoms with van der Waals surface area (Å²) >= 11 is 1.22. The molecule has 0 aliphatic heterocycles. The summed E-state index contributed by atoms with van der Waals surface area (Å²) in [5, 5.41) is 25.0. The number of non-ortho nitro benzene ring substituents is 1. The first-order valence-corrected chi connectivity index (χ1v) is 10.2. The van der Waals surface area contributed by atoms with Crippen LogP contribution in [0.4, 0.5) is 11.5 Å². The van der Waals surface area contributed by atoms with E-state index in [1.165, 1.54) is 36.0 Å². The van der Waals surface area contributed by atoms with Gasteiger partial charge >= 0.3 is 0 Å². The molecule has 0 radical (unpaired) electrons. The van der Waals surface area contributed by atoms with Crippen LogP contribution in [0.3, 0.4) is 0 Å². The molecule has 0 unspecified atom stereocenters.